The van der Waals surface area contributed by atoms with E-state index >= 15 is 0 Å². The number of esters is 1. The smallest absolute Gasteiger partial charge is 0.308 e. The van der Waals surface area contributed by atoms with E-state index in [1.165, 1.54) is 0 Å². The summed E-state index contributed by atoms with van der Waals surface area (Å²) in [5, 5.41) is 12.9. The number of nitrogens with zero attached hydrogens (tertiary/aromatic N) is 3. The van der Waals surface area contributed by atoms with Gasteiger partial charge in [0.25, 0.3) is 0 Å². The maximum atomic E-state index is 11.7. The van der Waals surface area contributed by atoms with Crippen LogP contribution in [0.1, 0.15) is 46.5 Å². The van der Waals surface area contributed by atoms with Crippen LogP contribution in [0.3, 0.4) is 0 Å². The first-order chi connectivity index (χ1) is 14.5. The minimum absolute atomic E-state index is 0.00649. The predicted octanol–water partition coefficient (Wildman–Crippen LogP) is -0.336. The highest BCUT2D eigenvalue weighted by molar-refractivity contribution is 5.90. The molecule has 4 amide bonds. The molecule has 0 aromatic heterocycles. The van der Waals surface area contributed by atoms with Crippen molar-refractivity contribution in [3.63, 3.8) is 0 Å². The van der Waals surface area contributed by atoms with E-state index < -0.39 is 29.3 Å². The Morgan fingerprint density at radius 1 is 0.806 bits per heavy atom. The zero-order valence-corrected chi connectivity index (χ0v) is 18.2. The minimum Gasteiger partial charge on any atom is -0.460 e. The van der Waals surface area contributed by atoms with Gasteiger partial charge in [-0.1, -0.05) is 5.11 Å². The molecule has 0 aliphatic rings. The third-order valence-electron chi connectivity index (χ3n) is 3.38. The molecule has 0 bridgehead atoms. The molecule has 0 aliphatic heterocycles. The second-order valence-corrected chi connectivity index (χ2v) is 7.43. The fourth-order valence-electron chi connectivity index (χ4n) is 2.02. The Labute approximate surface area is 180 Å². The Balaban J connectivity index is 3.82. The molecule has 0 spiro atoms. The molecular weight excluding hydrogens is 410 g/mol. The normalized spacial score (nSPS) is 10.3. The van der Waals surface area contributed by atoms with Gasteiger partial charge < -0.3 is 26.0 Å². The fraction of sp³-hybridized carbons (Fsp3) is 0.722. The van der Waals surface area contributed by atoms with Gasteiger partial charge in [0.1, 0.15) is 5.60 Å². The average Bonchev–Trinajstić information content (AvgIpc) is 2.67. The van der Waals surface area contributed by atoms with Crippen molar-refractivity contribution in [2.75, 3.05) is 32.7 Å². The van der Waals surface area contributed by atoms with E-state index in [1.807, 2.05) is 0 Å². The maximum Gasteiger partial charge on any atom is 0.308 e. The lowest BCUT2D eigenvalue weighted by atomic mass is 10.2. The van der Waals surface area contributed by atoms with Gasteiger partial charge in [-0.15, -0.1) is 0 Å². The van der Waals surface area contributed by atoms with E-state index in [-0.39, 0.29) is 44.9 Å². The van der Waals surface area contributed by atoms with Crippen LogP contribution < -0.4 is 21.3 Å². The third-order valence-corrected chi connectivity index (χ3v) is 3.38. The van der Waals surface area contributed by atoms with Crippen LogP contribution in [-0.4, -0.2) is 67.9 Å². The lowest BCUT2D eigenvalue weighted by Gasteiger charge is -2.19. The van der Waals surface area contributed by atoms with Crippen LogP contribution in [0.15, 0.2) is 5.11 Å². The first-order valence-electron chi connectivity index (χ1n) is 9.83. The number of nitrogens with one attached hydrogen (secondary N) is 4. The second-order valence-electron chi connectivity index (χ2n) is 7.43. The SMILES string of the molecule is CC(C)(C)OC(=O)CCNC(=O)CNC(=O)CNC(=O)CNC(=O)CCCCN=[N+]=[N-]. The summed E-state index contributed by atoms with van der Waals surface area (Å²) in [6.45, 7) is 4.65. The summed E-state index contributed by atoms with van der Waals surface area (Å²) in [5.74, 6) is -2.40. The Morgan fingerprint density at radius 2 is 1.32 bits per heavy atom. The average molecular weight is 441 g/mol. The van der Waals surface area contributed by atoms with Crippen LogP contribution in [0.25, 0.3) is 10.4 Å². The molecule has 0 radical (unpaired) electrons. The number of unbranched alkanes of at least 4 members (excludes halogenated alkanes) is 1. The van der Waals surface area contributed by atoms with Gasteiger partial charge in [-0.3, -0.25) is 24.0 Å². The number of hydrogen-bond acceptors (Lipinski definition) is 7. The Morgan fingerprint density at radius 3 is 1.84 bits per heavy atom. The Hall–Kier alpha value is -3.34. The zero-order chi connectivity index (χ0) is 23.7. The summed E-state index contributed by atoms with van der Waals surface area (Å²) in [7, 11) is 0. The number of ether oxygens (including phenoxy) is 1. The lowest BCUT2D eigenvalue weighted by molar-refractivity contribution is -0.154. The van der Waals surface area contributed by atoms with Gasteiger partial charge >= 0.3 is 5.97 Å². The van der Waals surface area contributed by atoms with Crippen molar-refractivity contribution in [1.82, 2.24) is 21.3 Å². The summed E-state index contributed by atoms with van der Waals surface area (Å²) < 4.78 is 5.10. The summed E-state index contributed by atoms with van der Waals surface area (Å²) in [4.78, 5) is 60.6. The van der Waals surface area contributed by atoms with Crippen LogP contribution in [0.4, 0.5) is 0 Å². The van der Waals surface area contributed by atoms with Gasteiger partial charge in [-0.25, -0.2) is 0 Å². The largest absolute Gasteiger partial charge is 0.460 e. The van der Waals surface area contributed by atoms with E-state index in [9.17, 15) is 24.0 Å². The van der Waals surface area contributed by atoms with Gasteiger partial charge in [-0.2, -0.15) is 0 Å². The van der Waals surface area contributed by atoms with Crippen molar-refractivity contribution in [3.05, 3.63) is 10.4 Å². The maximum absolute atomic E-state index is 11.7. The summed E-state index contributed by atoms with van der Waals surface area (Å²) in [5.41, 5.74) is 7.52. The van der Waals surface area contributed by atoms with Gasteiger partial charge in [0, 0.05) is 24.4 Å². The molecule has 0 aromatic rings. The number of rotatable bonds is 14. The number of azide groups is 1. The minimum atomic E-state index is -0.601. The van der Waals surface area contributed by atoms with E-state index in [0.29, 0.717) is 19.4 Å². The quantitative estimate of drug-likeness (QED) is 0.0936. The van der Waals surface area contributed by atoms with Gasteiger partial charge in [-0.05, 0) is 39.1 Å². The predicted molar refractivity (Wildman–Crippen MR) is 110 cm³/mol. The van der Waals surface area contributed by atoms with E-state index in [2.05, 4.69) is 31.3 Å². The molecule has 0 saturated carbocycles. The van der Waals surface area contributed by atoms with Crippen molar-refractivity contribution in [1.29, 1.82) is 0 Å². The fourth-order valence-corrected chi connectivity index (χ4v) is 2.02. The van der Waals surface area contributed by atoms with E-state index in [0.717, 1.165) is 0 Å². The van der Waals surface area contributed by atoms with Crippen LogP contribution in [0.5, 0.6) is 0 Å². The van der Waals surface area contributed by atoms with Gasteiger partial charge in [0.15, 0.2) is 0 Å². The molecule has 4 N–H and O–H groups in total. The van der Waals surface area contributed by atoms with E-state index in [4.69, 9.17) is 10.3 Å². The van der Waals surface area contributed by atoms with Crippen molar-refractivity contribution < 1.29 is 28.7 Å². The Bertz CT molecular complexity index is 683. The number of hydrogen-bond donors (Lipinski definition) is 4. The molecule has 0 saturated heterocycles. The summed E-state index contributed by atoms with van der Waals surface area (Å²) >= 11 is 0. The van der Waals surface area contributed by atoms with Crippen molar-refractivity contribution >= 4 is 29.6 Å². The first-order valence-corrected chi connectivity index (χ1v) is 9.83. The molecule has 0 heterocycles. The standard InChI is InChI=1S/C18H31N7O6/c1-18(2,3)31-17(30)7-9-20-14(27)10-22-16(29)12-23-15(28)11-21-13(26)6-4-5-8-24-25-19/h4-12H2,1-3H3,(H,20,27)(H,21,26)(H,22,29)(H,23,28). The highest BCUT2D eigenvalue weighted by Gasteiger charge is 2.16. The van der Waals surface area contributed by atoms with Gasteiger partial charge in [0.2, 0.25) is 23.6 Å². The Kier molecular flexibility index (Phi) is 13.8. The topological polar surface area (TPSA) is 191 Å². The molecule has 0 aromatic carbocycles. The second kappa shape index (κ2) is 15.5. The first kappa shape index (κ1) is 27.7. The lowest BCUT2D eigenvalue weighted by Crippen LogP contribution is -2.44. The number of amides is 4. The van der Waals surface area contributed by atoms with Gasteiger partial charge in [0.05, 0.1) is 26.1 Å². The van der Waals surface area contributed by atoms with Crippen LogP contribution in [0, 0.1) is 0 Å². The molecule has 0 aliphatic carbocycles. The molecule has 174 valence electrons. The molecule has 0 rings (SSSR count). The molecule has 13 heteroatoms. The van der Waals surface area contributed by atoms with Crippen LogP contribution >= 0.6 is 0 Å². The monoisotopic (exact) mass is 441 g/mol. The molecule has 0 fully saturated rings. The highest BCUT2D eigenvalue weighted by Crippen LogP contribution is 2.07. The van der Waals surface area contributed by atoms with E-state index in [1.54, 1.807) is 20.8 Å². The molecule has 0 unspecified atom stereocenters. The molecule has 0 atom stereocenters. The summed E-state index contributed by atoms with van der Waals surface area (Å²) in [6.07, 6.45) is 1.29. The van der Waals surface area contributed by atoms with Crippen molar-refractivity contribution in [2.45, 2.75) is 52.1 Å². The van der Waals surface area contributed by atoms with Crippen LogP contribution in [0.2, 0.25) is 0 Å². The van der Waals surface area contributed by atoms with Crippen molar-refractivity contribution in [2.24, 2.45) is 5.11 Å². The number of carbonyl (C=O) groups is 5. The zero-order valence-electron chi connectivity index (χ0n) is 18.2. The number of carbonyl (C=O) groups excluding carboxylic acids is 5. The molecule has 13 nitrogen and oxygen atoms in total. The highest BCUT2D eigenvalue weighted by atomic mass is 16.6. The van der Waals surface area contributed by atoms with Crippen molar-refractivity contribution in [3.8, 4) is 0 Å². The summed E-state index contributed by atoms with van der Waals surface area (Å²) in [6, 6.07) is 0. The third kappa shape index (κ3) is 18.4. The van der Waals surface area contributed by atoms with Crippen LogP contribution in [-0.2, 0) is 28.7 Å². The molecule has 31 heavy (non-hydrogen) atoms. The molecular formula is C18H31N7O6.